The molecule has 0 bridgehead atoms. The number of carbonyl (C=O) groups excluding carboxylic acids is 4. The molecule has 0 aromatic heterocycles. The van der Waals surface area contributed by atoms with E-state index in [2.05, 4.69) is 58.9 Å². The van der Waals surface area contributed by atoms with Crippen molar-refractivity contribution in [3.05, 3.63) is 24.3 Å². The molecule has 3 N–H and O–H groups in total. The summed E-state index contributed by atoms with van der Waals surface area (Å²) in [6, 6.07) is 0. The molecule has 0 aromatic rings. The number of allylic oxidation sites excluding steroid dienone is 4. The van der Waals surface area contributed by atoms with E-state index in [-0.39, 0.29) is 25.7 Å². The van der Waals surface area contributed by atoms with E-state index in [9.17, 15) is 43.2 Å². The fourth-order valence-electron chi connectivity index (χ4n) is 11.0. The van der Waals surface area contributed by atoms with E-state index in [0.29, 0.717) is 25.7 Å². The van der Waals surface area contributed by atoms with Crippen molar-refractivity contribution in [1.29, 1.82) is 0 Å². The molecule has 0 fully saturated rings. The van der Waals surface area contributed by atoms with Gasteiger partial charge in [0.25, 0.3) is 0 Å². The Morgan fingerprint density at radius 1 is 0.330 bits per heavy atom. The quantitative estimate of drug-likeness (QED) is 0.0169. The number of hydrogen-bond acceptors (Lipinski definition) is 15. The molecular formula is C75H142O17P2. The van der Waals surface area contributed by atoms with Crippen LogP contribution in [-0.2, 0) is 65.4 Å². The Balaban J connectivity index is 5.23. The summed E-state index contributed by atoms with van der Waals surface area (Å²) < 4.78 is 68.3. The van der Waals surface area contributed by atoms with Gasteiger partial charge in [0.05, 0.1) is 26.4 Å². The third kappa shape index (κ3) is 68.1. The van der Waals surface area contributed by atoms with Gasteiger partial charge in [0.15, 0.2) is 12.2 Å². The first-order valence-electron chi connectivity index (χ1n) is 38.5. The van der Waals surface area contributed by atoms with Gasteiger partial charge in [-0.3, -0.25) is 37.3 Å². The van der Waals surface area contributed by atoms with Gasteiger partial charge >= 0.3 is 39.5 Å². The second kappa shape index (κ2) is 67.7. The molecule has 17 nitrogen and oxygen atoms in total. The van der Waals surface area contributed by atoms with Gasteiger partial charge in [0, 0.05) is 25.7 Å². The first kappa shape index (κ1) is 91.5. The SMILES string of the molecule is CCCCCC/C=C\C=C/CCCCCCCC(=O)OC[C@H](COP(=O)(O)OC[C@@H](O)COP(=O)(O)OC[C@@H](COC(=O)CCCCCCCCC)OC(=O)CCCCCCCCCCCCCCC(C)C)OC(=O)CCCCCCCCCCCCCCCCCCC. The standard InChI is InChI=1S/C75H142O17P2/c1-6-9-12-15-18-20-22-24-26-27-29-31-36-40-45-50-55-60-75(80)92-71(65-86-73(78)59-54-49-44-39-35-30-28-25-23-21-19-16-13-10-7-2)67-90-94(83,84)88-63-69(76)62-87-93(81,82)89-66-70(64-85-72(77)58-53-48-42-17-14-11-8-3)91-74(79)61-56-51-46-41-37-33-32-34-38-43-47-52-57-68(4)5/h21,23,25,28,68-71,76H,6-20,22,24,26-27,29-67H2,1-5H3,(H,81,82)(H,83,84)/b23-21-,28-25-/t69-,70+,71+/m0/s1. The smallest absolute Gasteiger partial charge is 0.462 e. The van der Waals surface area contributed by atoms with Crippen LogP contribution in [0.3, 0.4) is 0 Å². The molecule has 0 spiro atoms. The van der Waals surface area contributed by atoms with Crippen molar-refractivity contribution in [2.75, 3.05) is 39.6 Å². The summed E-state index contributed by atoms with van der Waals surface area (Å²) in [4.78, 5) is 72.6. The van der Waals surface area contributed by atoms with E-state index in [4.69, 9.17) is 37.0 Å². The van der Waals surface area contributed by atoms with Crippen LogP contribution >= 0.6 is 15.6 Å². The lowest BCUT2D eigenvalue weighted by Crippen LogP contribution is -2.30. The van der Waals surface area contributed by atoms with Crippen LogP contribution in [0.2, 0.25) is 0 Å². The number of carbonyl (C=O) groups is 4. The van der Waals surface area contributed by atoms with E-state index in [1.807, 2.05) is 0 Å². The van der Waals surface area contributed by atoms with Gasteiger partial charge in [0.1, 0.15) is 19.3 Å². The van der Waals surface area contributed by atoms with Crippen molar-refractivity contribution >= 4 is 39.5 Å². The molecule has 0 amide bonds. The second-order valence-electron chi connectivity index (χ2n) is 26.8. The molecular weight excluding hydrogens is 1230 g/mol. The highest BCUT2D eigenvalue weighted by molar-refractivity contribution is 7.47. The lowest BCUT2D eigenvalue weighted by molar-refractivity contribution is -0.161. The number of rotatable bonds is 73. The van der Waals surface area contributed by atoms with Crippen LogP contribution in [0, 0.1) is 5.92 Å². The number of unbranched alkanes of at least 4 members (excludes halogenated alkanes) is 42. The molecule has 19 heteroatoms. The average Bonchev–Trinajstić information content (AvgIpc) is 2.51. The van der Waals surface area contributed by atoms with Gasteiger partial charge in [0.2, 0.25) is 0 Å². The molecule has 0 aliphatic rings. The molecule has 0 aliphatic carbocycles. The molecule has 2 unspecified atom stereocenters. The molecule has 0 radical (unpaired) electrons. The Morgan fingerprint density at radius 3 is 0.872 bits per heavy atom. The summed E-state index contributed by atoms with van der Waals surface area (Å²) in [5, 5.41) is 10.6. The van der Waals surface area contributed by atoms with Crippen LogP contribution in [0.25, 0.3) is 0 Å². The maximum absolute atomic E-state index is 13.1. The summed E-state index contributed by atoms with van der Waals surface area (Å²) in [6.07, 6.45) is 59.2. The van der Waals surface area contributed by atoms with Gasteiger partial charge in [-0.1, -0.05) is 316 Å². The number of hydrogen-bond donors (Lipinski definition) is 3. The zero-order chi connectivity index (χ0) is 69.1. The van der Waals surface area contributed by atoms with E-state index < -0.39 is 97.5 Å². The van der Waals surface area contributed by atoms with Crippen molar-refractivity contribution in [2.24, 2.45) is 5.92 Å². The molecule has 554 valence electrons. The van der Waals surface area contributed by atoms with Gasteiger partial charge in [-0.25, -0.2) is 9.13 Å². The lowest BCUT2D eigenvalue weighted by atomic mass is 10.0. The maximum Gasteiger partial charge on any atom is 0.472 e. The molecule has 0 saturated carbocycles. The average molecular weight is 1380 g/mol. The summed E-state index contributed by atoms with van der Waals surface area (Å²) in [6.45, 7) is 7.19. The Kier molecular flexibility index (Phi) is 65.9. The molecule has 0 heterocycles. The molecule has 0 rings (SSSR count). The van der Waals surface area contributed by atoms with Crippen molar-refractivity contribution in [1.82, 2.24) is 0 Å². The topological polar surface area (TPSA) is 237 Å². The zero-order valence-electron chi connectivity index (χ0n) is 60.6. The van der Waals surface area contributed by atoms with Crippen LogP contribution < -0.4 is 0 Å². The number of aliphatic hydroxyl groups excluding tert-OH is 1. The third-order valence-corrected chi connectivity index (χ3v) is 18.8. The predicted octanol–water partition coefficient (Wildman–Crippen LogP) is 21.6. The van der Waals surface area contributed by atoms with E-state index >= 15 is 0 Å². The molecule has 5 atom stereocenters. The third-order valence-electron chi connectivity index (χ3n) is 16.9. The van der Waals surface area contributed by atoms with Crippen LogP contribution in [-0.4, -0.2) is 96.7 Å². The Morgan fingerprint density at radius 2 is 0.574 bits per heavy atom. The Bertz CT molecular complexity index is 1900. The normalized spacial score (nSPS) is 14.1. The van der Waals surface area contributed by atoms with E-state index in [1.54, 1.807) is 0 Å². The Hall–Kier alpha value is -2.46. The highest BCUT2D eigenvalue weighted by Crippen LogP contribution is 2.45. The molecule has 0 aliphatic heterocycles. The minimum absolute atomic E-state index is 0.102. The lowest BCUT2D eigenvalue weighted by Gasteiger charge is -2.21. The predicted molar refractivity (Wildman–Crippen MR) is 381 cm³/mol. The second-order valence-corrected chi connectivity index (χ2v) is 29.7. The number of phosphoric acid groups is 2. The monoisotopic (exact) mass is 1380 g/mol. The van der Waals surface area contributed by atoms with Crippen molar-refractivity contribution in [2.45, 2.75) is 387 Å². The summed E-state index contributed by atoms with van der Waals surface area (Å²) in [5.74, 6) is -1.37. The summed E-state index contributed by atoms with van der Waals surface area (Å²) >= 11 is 0. The van der Waals surface area contributed by atoms with Gasteiger partial charge < -0.3 is 33.8 Å². The number of phosphoric ester groups is 2. The largest absolute Gasteiger partial charge is 0.472 e. The van der Waals surface area contributed by atoms with Crippen molar-refractivity contribution < 1.29 is 80.2 Å². The van der Waals surface area contributed by atoms with Gasteiger partial charge in [-0.2, -0.15) is 0 Å². The molecule has 0 saturated heterocycles. The number of ether oxygens (including phenoxy) is 4. The summed E-state index contributed by atoms with van der Waals surface area (Å²) in [5.41, 5.74) is 0. The van der Waals surface area contributed by atoms with Crippen LogP contribution in [0.4, 0.5) is 0 Å². The highest BCUT2D eigenvalue weighted by atomic mass is 31.2. The van der Waals surface area contributed by atoms with Crippen LogP contribution in [0.1, 0.15) is 369 Å². The number of esters is 4. The van der Waals surface area contributed by atoms with E-state index in [1.165, 1.54) is 161 Å². The molecule has 94 heavy (non-hydrogen) atoms. The van der Waals surface area contributed by atoms with Crippen LogP contribution in [0.5, 0.6) is 0 Å². The Labute approximate surface area is 573 Å². The summed E-state index contributed by atoms with van der Waals surface area (Å²) in [7, 11) is -9.92. The fraction of sp³-hybridized carbons (Fsp3) is 0.893. The maximum atomic E-state index is 13.1. The zero-order valence-corrected chi connectivity index (χ0v) is 62.4. The van der Waals surface area contributed by atoms with Crippen LogP contribution in [0.15, 0.2) is 24.3 Å². The minimum Gasteiger partial charge on any atom is -0.462 e. The molecule has 0 aromatic carbocycles. The number of aliphatic hydroxyl groups is 1. The fourth-order valence-corrected chi connectivity index (χ4v) is 12.6. The van der Waals surface area contributed by atoms with Crippen molar-refractivity contribution in [3.63, 3.8) is 0 Å². The first-order chi connectivity index (χ1) is 45.5. The van der Waals surface area contributed by atoms with Gasteiger partial charge in [-0.05, 0) is 57.3 Å². The highest BCUT2D eigenvalue weighted by Gasteiger charge is 2.30. The van der Waals surface area contributed by atoms with Crippen molar-refractivity contribution in [3.8, 4) is 0 Å². The van der Waals surface area contributed by atoms with E-state index in [0.717, 1.165) is 128 Å². The van der Waals surface area contributed by atoms with Gasteiger partial charge in [-0.15, -0.1) is 0 Å². The minimum atomic E-state index is -4.96. The first-order valence-corrected chi connectivity index (χ1v) is 41.4.